The Hall–Kier alpha value is -1.95. The summed E-state index contributed by atoms with van der Waals surface area (Å²) < 4.78 is 18.4. The Morgan fingerprint density at radius 3 is 2.62 bits per heavy atom. The number of methoxy groups -OCH3 is 1. The number of aliphatic hydroxyl groups is 1. The lowest BCUT2D eigenvalue weighted by atomic mass is 10.1. The molecule has 0 radical (unpaired) electrons. The van der Waals surface area contributed by atoms with Crippen LogP contribution >= 0.6 is 0 Å². The van der Waals surface area contributed by atoms with E-state index in [2.05, 4.69) is 21.9 Å². The molecule has 1 saturated heterocycles. The lowest BCUT2D eigenvalue weighted by Crippen LogP contribution is -2.52. The van der Waals surface area contributed by atoms with Crippen LogP contribution in [0.2, 0.25) is 0 Å². The highest BCUT2D eigenvalue weighted by atomic mass is 19.1. The van der Waals surface area contributed by atoms with E-state index >= 15 is 0 Å². The Kier molecular flexibility index (Phi) is 6.61. The van der Waals surface area contributed by atoms with Gasteiger partial charge in [0.05, 0.1) is 7.11 Å². The molecule has 4 nitrogen and oxygen atoms in total. The van der Waals surface area contributed by atoms with Crippen LogP contribution in [0.4, 0.5) is 4.39 Å². The van der Waals surface area contributed by atoms with Gasteiger partial charge in [0.15, 0.2) is 0 Å². The summed E-state index contributed by atoms with van der Waals surface area (Å²) in [5.74, 6) is 0.674. The minimum Gasteiger partial charge on any atom is -0.497 e. The Balaban J connectivity index is 1.62. The van der Waals surface area contributed by atoms with Crippen LogP contribution in [0.25, 0.3) is 0 Å². The summed E-state index contributed by atoms with van der Waals surface area (Å²) in [5.41, 5.74) is 2.34. The van der Waals surface area contributed by atoms with E-state index < -0.39 is 0 Å². The van der Waals surface area contributed by atoms with Crippen molar-refractivity contribution in [1.29, 1.82) is 0 Å². The number of piperazine rings is 1. The summed E-state index contributed by atoms with van der Waals surface area (Å²) in [6, 6.07) is 15.2. The molecule has 1 aliphatic rings. The summed E-state index contributed by atoms with van der Waals surface area (Å²) >= 11 is 0. The van der Waals surface area contributed by atoms with Crippen LogP contribution in [0.15, 0.2) is 48.5 Å². The zero-order valence-corrected chi connectivity index (χ0v) is 15.3. The molecule has 1 fully saturated rings. The van der Waals surface area contributed by atoms with E-state index in [0.717, 1.165) is 50.5 Å². The Morgan fingerprint density at radius 1 is 1.08 bits per heavy atom. The number of nitrogens with zero attached hydrogens (tertiary/aromatic N) is 2. The average molecular weight is 358 g/mol. The van der Waals surface area contributed by atoms with Crippen molar-refractivity contribution in [3.05, 3.63) is 65.5 Å². The lowest BCUT2D eigenvalue weighted by Gasteiger charge is -2.41. The highest BCUT2D eigenvalue weighted by Gasteiger charge is 2.26. The predicted octanol–water partition coefficient (Wildman–Crippen LogP) is 2.90. The van der Waals surface area contributed by atoms with Gasteiger partial charge in [-0.05, 0) is 41.8 Å². The first-order valence-corrected chi connectivity index (χ1v) is 9.12. The van der Waals surface area contributed by atoms with Crippen LogP contribution in [-0.4, -0.2) is 54.3 Å². The molecule has 140 valence electrons. The van der Waals surface area contributed by atoms with Crippen LogP contribution < -0.4 is 4.74 Å². The highest BCUT2D eigenvalue weighted by Crippen LogP contribution is 2.20. The number of benzene rings is 2. The highest BCUT2D eigenvalue weighted by molar-refractivity contribution is 5.28. The molecular weight excluding hydrogens is 331 g/mol. The molecule has 0 spiro atoms. The van der Waals surface area contributed by atoms with E-state index in [0.29, 0.717) is 6.04 Å². The average Bonchev–Trinajstić information content (AvgIpc) is 2.66. The van der Waals surface area contributed by atoms with Crippen molar-refractivity contribution in [2.24, 2.45) is 0 Å². The molecule has 26 heavy (non-hydrogen) atoms. The third-order valence-electron chi connectivity index (χ3n) is 4.99. The molecule has 2 aromatic carbocycles. The molecule has 0 unspecified atom stereocenters. The van der Waals surface area contributed by atoms with Crippen molar-refractivity contribution in [3.63, 3.8) is 0 Å². The van der Waals surface area contributed by atoms with Crippen LogP contribution in [0.1, 0.15) is 17.5 Å². The molecule has 1 atom stereocenters. The maximum Gasteiger partial charge on any atom is 0.123 e. The van der Waals surface area contributed by atoms with Gasteiger partial charge in [-0.3, -0.25) is 9.80 Å². The molecule has 1 N–H and O–H groups in total. The number of ether oxygens (including phenoxy) is 1. The van der Waals surface area contributed by atoms with Crippen molar-refractivity contribution in [1.82, 2.24) is 9.80 Å². The van der Waals surface area contributed by atoms with E-state index in [1.165, 1.54) is 17.7 Å². The third-order valence-corrected chi connectivity index (χ3v) is 4.99. The first kappa shape index (κ1) is 18.8. The zero-order valence-electron chi connectivity index (χ0n) is 15.3. The third kappa shape index (κ3) is 5.04. The molecule has 0 aromatic heterocycles. The molecule has 0 bridgehead atoms. The minimum atomic E-state index is -0.205. The van der Waals surface area contributed by atoms with Gasteiger partial charge in [-0.2, -0.15) is 0 Å². The smallest absolute Gasteiger partial charge is 0.123 e. The molecule has 1 heterocycles. The molecule has 3 rings (SSSR count). The monoisotopic (exact) mass is 358 g/mol. The first-order valence-electron chi connectivity index (χ1n) is 9.12. The fourth-order valence-corrected chi connectivity index (χ4v) is 3.59. The topological polar surface area (TPSA) is 35.9 Å². The van der Waals surface area contributed by atoms with E-state index in [1.807, 2.05) is 24.3 Å². The molecule has 5 heteroatoms. The van der Waals surface area contributed by atoms with Gasteiger partial charge in [0.2, 0.25) is 0 Å². The number of halogens is 1. The predicted molar refractivity (Wildman–Crippen MR) is 101 cm³/mol. The maximum atomic E-state index is 13.1. The van der Waals surface area contributed by atoms with Gasteiger partial charge in [-0.15, -0.1) is 0 Å². The van der Waals surface area contributed by atoms with Crippen LogP contribution in [-0.2, 0) is 13.1 Å². The Bertz CT molecular complexity index is 693. The molecule has 0 saturated carbocycles. The van der Waals surface area contributed by atoms with Crippen LogP contribution in [0.5, 0.6) is 5.75 Å². The number of hydrogen-bond donors (Lipinski definition) is 1. The molecule has 1 aliphatic heterocycles. The van der Waals surface area contributed by atoms with Crippen molar-refractivity contribution in [2.75, 3.05) is 33.4 Å². The summed E-state index contributed by atoms with van der Waals surface area (Å²) in [6.45, 7) is 4.67. The van der Waals surface area contributed by atoms with E-state index in [1.54, 1.807) is 7.11 Å². The summed E-state index contributed by atoms with van der Waals surface area (Å²) in [5, 5.41) is 9.47. The minimum absolute atomic E-state index is 0.178. The van der Waals surface area contributed by atoms with E-state index in [-0.39, 0.29) is 12.4 Å². The van der Waals surface area contributed by atoms with Gasteiger partial charge < -0.3 is 9.84 Å². The second-order valence-corrected chi connectivity index (χ2v) is 6.85. The number of aliphatic hydroxyl groups excluding tert-OH is 1. The van der Waals surface area contributed by atoms with Gasteiger partial charge in [0.25, 0.3) is 0 Å². The van der Waals surface area contributed by atoms with Crippen LogP contribution in [0.3, 0.4) is 0 Å². The Labute approximate surface area is 154 Å². The SMILES string of the molecule is COc1cccc(CN2CCN(Cc3ccc(F)cc3)[C@H](CCO)C2)c1. The zero-order chi connectivity index (χ0) is 18.4. The standard InChI is InChI=1S/C21H27FN2O2/c1-26-21-4-2-3-18(13-21)14-23-10-11-24(20(16-23)9-12-25)15-17-5-7-19(22)8-6-17/h2-8,13,20,25H,9-12,14-16H2,1H3/t20-/m1/s1. The van der Waals surface area contributed by atoms with Crippen molar-refractivity contribution in [3.8, 4) is 5.75 Å². The quantitative estimate of drug-likeness (QED) is 0.826. The van der Waals surface area contributed by atoms with Crippen molar-refractivity contribution < 1.29 is 14.2 Å². The van der Waals surface area contributed by atoms with E-state index in [9.17, 15) is 9.50 Å². The van der Waals surface area contributed by atoms with Crippen LogP contribution in [0, 0.1) is 5.82 Å². The normalized spacial score (nSPS) is 18.8. The van der Waals surface area contributed by atoms with Crippen molar-refractivity contribution in [2.45, 2.75) is 25.6 Å². The fraction of sp³-hybridized carbons (Fsp3) is 0.429. The van der Waals surface area contributed by atoms with Gasteiger partial charge >= 0.3 is 0 Å². The summed E-state index contributed by atoms with van der Waals surface area (Å²) in [4.78, 5) is 4.82. The summed E-state index contributed by atoms with van der Waals surface area (Å²) in [6.07, 6.45) is 0.746. The Morgan fingerprint density at radius 2 is 1.88 bits per heavy atom. The second kappa shape index (κ2) is 9.12. The lowest BCUT2D eigenvalue weighted by molar-refractivity contribution is 0.0499. The number of rotatable bonds is 7. The molecule has 0 aliphatic carbocycles. The van der Waals surface area contributed by atoms with Gasteiger partial charge in [0.1, 0.15) is 11.6 Å². The first-order chi connectivity index (χ1) is 12.7. The molecular formula is C21H27FN2O2. The molecule has 0 amide bonds. The van der Waals surface area contributed by atoms with Gasteiger partial charge in [0, 0.05) is 45.4 Å². The second-order valence-electron chi connectivity index (χ2n) is 6.85. The fourth-order valence-electron chi connectivity index (χ4n) is 3.59. The maximum absolute atomic E-state index is 13.1. The van der Waals surface area contributed by atoms with Gasteiger partial charge in [-0.1, -0.05) is 24.3 Å². The number of hydrogen-bond acceptors (Lipinski definition) is 4. The largest absolute Gasteiger partial charge is 0.497 e. The van der Waals surface area contributed by atoms with Gasteiger partial charge in [-0.25, -0.2) is 4.39 Å². The summed E-state index contributed by atoms with van der Waals surface area (Å²) in [7, 11) is 1.69. The van der Waals surface area contributed by atoms with E-state index in [4.69, 9.17) is 4.74 Å². The van der Waals surface area contributed by atoms with Crippen molar-refractivity contribution >= 4 is 0 Å². The molecule has 2 aromatic rings.